The summed E-state index contributed by atoms with van der Waals surface area (Å²) in [5.41, 5.74) is 2.38. The van der Waals surface area contributed by atoms with Gasteiger partial charge in [-0.15, -0.1) is 0 Å². The van der Waals surface area contributed by atoms with Crippen molar-refractivity contribution in [2.24, 2.45) is 4.99 Å². The molecular formula is C29H27Cl2N3O3S. The van der Waals surface area contributed by atoms with Gasteiger partial charge in [-0.1, -0.05) is 60.7 Å². The van der Waals surface area contributed by atoms with E-state index in [1.165, 1.54) is 18.2 Å². The number of hydrogen-bond donors (Lipinski definition) is 0. The van der Waals surface area contributed by atoms with Gasteiger partial charge in [0.25, 0.3) is 5.91 Å². The second kappa shape index (κ2) is 12.2. The minimum atomic E-state index is -0.0392. The van der Waals surface area contributed by atoms with Gasteiger partial charge < -0.3 is 9.47 Å². The maximum absolute atomic E-state index is 13.6. The number of benzene rings is 2. The lowest BCUT2D eigenvalue weighted by molar-refractivity contribution is -0.124. The number of amides is 1. The summed E-state index contributed by atoms with van der Waals surface area (Å²) >= 11 is 13.6. The number of nitrogens with zero attached hydrogens (tertiary/aromatic N) is 3. The van der Waals surface area contributed by atoms with E-state index < -0.39 is 0 Å². The second-order valence-electron chi connectivity index (χ2n) is 9.11. The number of rotatable bonds is 7. The summed E-state index contributed by atoms with van der Waals surface area (Å²) in [4.78, 5) is 25.0. The first-order valence-electron chi connectivity index (χ1n) is 12.5. The normalized spacial score (nSPS) is 18.4. The highest BCUT2D eigenvalue weighted by Gasteiger charge is 2.38. The Kier molecular flexibility index (Phi) is 8.57. The molecule has 6 nitrogen and oxygen atoms in total. The highest BCUT2D eigenvalue weighted by molar-refractivity contribution is 8.18. The lowest BCUT2D eigenvalue weighted by Crippen LogP contribution is -2.40. The fraction of sp³-hybridized carbons (Fsp3) is 0.276. The molecule has 0 atom stereocenters. The summed E-state index contributed by atoms with van der Waals surface area (Å²) in [5.74, 6) is 1.17. The van der Waals surface area contributed by atoms with Crippen LogP contribution in [0.5, 0.6) is 11.5 Å². The zero-order chi connectivity index (χ0) is 26.5. The van der Waals surface area contributed by atoms with Crippen molar-refractivity contribution in [2.45, 2.75) is 44.8 Å². The highest BCUT2D eigenvalue weighted by atomic mass is 35.5. The van der Waals surface area contributed by atoms with Crippen LogP contribution >= 0.6 is 35.0 Å². The predicted octanol–water partition coefficient (Wildman–Crippen LogP) is 7.91. The van der Waals surface area contributed by atoms with Gasteiger partial charge in [-0.05, 0) is 78.2 Å². The lowest BCUT2D eigenvalue weighted by atomic mass is 9.94. The first-order valence-corrected chi connectivity index (χ1v) is 14.1. The minimum Gasteiger partial charge on any atom is -0.493 e. The molecule has 3 aromatic rings. The van der Waals surface area contributed by atoms with Crippen LogP contribution in [0.4, 0.5) is 5.69 Å². The van der Waals surface area contributed by atoms with Gasteiger partial charge in [0.1, 0.15) is 12.3 Å². The second-order valence-corrected chi connectivity index (χ2v) is 10.9. The van der Waals surface area contributed by atoms with Gasteiger partial charge in [-0.2, -0.15) is 0 Å². The number of thioether (sulfide) groups is 1. The summed E-state index contributed by atoms with van der Waals surface area (Å²) in [6, 6.07) is 16.9. The van der Waals surface area contributed by atoms with Gasteiger partial charge in [0, 0.05) is 17.3 Å². The molecule has 5 rings (SSSR count). The molecule has 1 aliphatic carbocycles. The molecular weight excluding hydrogens is 541 g/mol. The number of halogens is 2. The zero-order valence-electron chi connectivity index (χ0n) is 20.9. The van der Waals surface area contributed by atoms with Crippen molar-refractivity contribution in [3.05, 3.63) is 87.0 Å². The first-order chi connectivity index (χ1) is 18.5. The molecule has 38 heavy (non-hydrogen) atoms. The predicted molar refractivity (Wildman–Crippen MR) is 154 cm³/mol. The SMILES string of the molecule is COc1cc(/C=C2\SC(=Nc3cccnc3Cl)N(C3CCCCC3)C2=O)ccc1OCc1ccc(Cl)cc1. The van der Waals surface area contributed by atoms with Gasteiger partial charge >= 0.3 is 0 Å². The molecule has 2 heterocycles. The maximum Gasteiger partial charge on any atom is 0.267 e. The average molecular weight is 569 g/mol. The molecule has 0 radical (unpaired) electrons. The van der Waals surface area contributed by atoms with Crippen LogP contribution in [0.3, 0.4) is 0 Å². The molecule has 1 saturated heterocycles. The molecule has 196 valence electrons. The average Bonchev–Trinajstić information content (AvgIpc) is 3.24. The smallest absolute Gasteiger partial charge is 0.267 e. The van der Waals surface area contributed by atoms with E-state index in [0.29, 0.717) is 44.0 Å². The van der Waals surface area contributed by atoms with Crippen LogP contribution in [0.25, 0.3) is 6.08 Å². The Balaban J connectivity index is 1.40. The van der Waals surface area contributed by atoms with Crippen LogP contribution in [0, 0.1) is 0 Å². The fourth-order valence-corrected chi connectivity index (χ4v) is 5.92. The van der Waals surface area contributed by atoms with E-state index in [1.807, 2.05) is 59.5 Å². The van der Waals surface area contributed by atoms with Crippen molar-refractivity contribution < 1.29 is 14.3 Å². The zero-order valence-corrected chi connectivity index (χ0v) is 23.2. The van der Waals surface area contributed by atoms with Crippen molar-refractivity contribution in [3.8, 4) is 11.5 Å². The topological polar surface area (TPSA) is 64.0 Å². The third-order valence-corrected chi connectivity index (χ3v) is 8.05. The maximum atomic E-state index is 13.6. The van der Waals surface area contributed by atoms with Gasteiger partial charge in [0.2, 0.25) is 0 Å². The molecule has 1 amide bonds. The summed E-state index contributed by atoms with van der Waals surface area (Å²) in [6.07, 6.45) is 8.84. The van der Waals surface area contributed by atoms with Crippen LogP contribution in [0.2, 0.25) is 10.2 Å². The Bertz CT molecular complexity index is 1370. The number of amidine groups is 1. The Morgan fingerprint density at radius 2 is 1.87 bits per heavy atom. The lowest BCUT2D eigenvalue weighted by Gasteiger charge is -2.30. The van der Waals surface area contributed by atoms with Crippen molar-refractivity contribution >= 4 is 57.8 Å². The van der Waals surface area contributed by atoms with E-state index in [9.17, 15) is 4.79 Å². The summed E-state index contributed by atoms with van der Waals surface area (Å²) in [5, 5.41) is 1.63. The number of aromatic nitrogens is 1. The van der Waals surface area contributed by atoms with Crippen molar-refractivity contribution in [1.82, 2.24) is 9.88 Å². The van der Waals surface area contributed by atoms with Gasteiger partial charge in [-0.3, -0.25) is 9.69 Å². The fourth-order valence-electron chi connectivity index (χ4n) is 4.58. The molecule has 9 heteroatoms. The summed E-state index contributed by atoms with van der Waals surface area (Å²) in [7, 11) is 1.60. The van der Waals surface area contributed by atoms with Crippen LogP contribution < -0.4 is 9.47 Å². The quantitative estimate of drug-likeness (QED) is 0.214. The Hall–Kier alpha value is -3.00. The molecule has 1 aromatic heterocycles. The van der Waals surface area contributed by atoms with E-state index >= 15 is 0 Å². The van der Waals surface area contributed by atoms with Gasteiger partial charge in [0.15, 0.2) is 21.8 Å². The Morgan fingerprint density at radius 1 is 1.08 bits per heavy atom. The number of hydrogen-bond acceptors (Lipinski definition) is 6. The Labute approximate surface area is 236 Å². The van der Waals surface area contributed by atoms with E-state index in [-0.39, 0.29) is 11.9 Å². The van der Waals surface area contributed by atoms with Crippen molar-refractivity contribution in [2.75, 3.05) is 7.11 Å². The Morgan fingerprint density at radius 3 is 2.61 bits per heavy atom. The number of methoxy groups -OCH3 is 1. The number of aliphatic imine (C=N–C) groups is 1. The molecule has 0 unspecified atom stereocenters. The summed E-state index contributed by atoms with van der Waals surface area (Å²) in [6.45, 7) is 0.384. The molecule has 0 spiro atoms. The van der Waals surface area contributed by atoms with Crippen LogP contribution in [-0.2, 0) is 11.4 Å². The van der Waals surface area contributed by atoms with Crippen LogP contribution in [0.1, 0.15) is 43.2 Å². The first kappa shape index (κ1) is 26.6. The molecule has 1 aliphatic heterocycles. The molecule has 2 aromatic carbocycles. The number of ether oxygens (including phenoxy) is 2. The molecule has 0 N–H and O–H groups in total. The molecule has 2 fully saturated rings. The molecule has 0 bridgehead atoms. The van der Waals surface area contributed by atoms with Crippen LogP contribution in [0.15, 0.2) is 70.7 Å². The number of pyridine rings is 1. The van der Waals surface area contributed by atoms with Gasteiger partial charge in [0.05, 0.1) is 12.0 Å². The van der Waals surface area contributed by atoms with E-state index in [1.54, 1.807) is 19.4 Å². The molecule has 2 aliphatic rings. The monoisotopic (exact) mass is 567 g/mol. The van der Waals surface area contributed by atoms with Crippen LogP contribution in [-0.4, -0.2) is 34.1 Å². The molecule has 1 saturated carbocycles. The highest BCUT2D eigenvalue weighted by Crippen LogP contribution is 2.40. The number of carbonyl (C=O) groups is 1. The van der Waals surface area contributed by atoms with Gasteiger partial charge in [-0.25, -0.2) is 9.98 Å². The largest absolute Gasteiger partial charge is 0.493 e. The van der Waals surface area contributed by atoms with Crippen molar-refractivity contribution in [1.29, 1.82) is 0 Å². The van der Waals surface area contributed by atoms with Crippen molar-refractivity contribution in [3.63, 3.8) is 0 Å². The number of carbonyl (C=O) groups excluding carboxylic acids is 1. The third kappa shape index (κ3) is 6.17. The van der Waals surface area contributed by atoms with E-state index in [0.717, 1.165) is 36.8 Å². The standard InChI is InChI=1S/C29H27Cl2N3O3S/c1-36-25-16-20(11-14-24(25)37-18-19-9-12-21(30)13-10-19)17-26-28(35)34(22-6-3-2-4-7-22)29(38-26)33-23-8-5-15-32-27(23)31/h5,8-17,22H,2-4,6-7,18H2,1H3/b26-17-,33-29?. The minimum absolute atomic E-state index is 0.0392. The van der Waals surface area contributed by atoms with E-state index in [2.05, 4.69) is 4.98 Å². The third-order valence-electron chi connectivity index (χ3n) is 6.53. The van der Waals surface area contributed by atoms with E-state index in [4.69, 9.17) is 37.7 Å². The summed E-state index contributed by atoms with van der Waals surface area (Å²) < 4.78 is 11.6.